The molecule has 1 heterocycles. The number of ether oxygens (including phenoxy) is 2. The average molecular weight is 291 g/mol. The first kappa shape index (κ1) is 14.3. The number of nitrogens with one attached hydrogen (secondary N) is 1. The number of rotatable bonds is 5. The zero-order chi connectivity index (χ0) is 14.5. The van der Waals surface area contributed by atoms with Gasteiger partial charge in [0.15, 0.2) is 0 Å². The summed E-state index contributed by atoms with van der Waals surface area (Å²) in [5.41, 5.74) is 4.81. The molecule has 2 rings (SSSR count). The van der Waals surface area contributed by atoms with E-state index >= 15 is 0 Å². The molecule has 0 saturated heterocycles. The molecule has 0 aliphatic rings. The molecule has 5 nitrogen and oxygen atoms in total. The van der Waals surface area contributed by atoms with Gasteiger partial charge in [-0.3, -0.25) is 5.43 Å². The van der Waals surface area contributed by atoms with Crippen LogP contribution in [0.1, 0.15) is 16.1 Å². The van der Waals surface area contributed by atoms with Gasteiger partial charge >= 0.3 is 0 Å². The van der Waals surface area contributed by atoms with E-state index in [0.717, 1.165) is 22.1 Å². The topological polar surface area (TPSA) is 55.7 Å². The summed E-state index contributed by atoms with van der Waals surface area (Å²) in [5, 5.41) is 4.96. The Hall–Kier alpha value is -2.08. The maximum Gasteiger partial charge on any atom is 0.203 e. The highest BCUT2D eigenvalue weighted by atomic mass is 32.1. The zero-order valence-electron chi connectivity index (χ0n) is 11.9. The van der Waals surface area contributed by atoms with E-state index in [-0.39, 0.29) is 0 Å². The second-order valence-electron chi connectivity index (χ2n) is 4.14. The van der Waals surface area contributed by atoms with Gasteiger partial charge in [-0.15, -0.1) is 11.3 Å². The van der Waals surface area contributed by atoms with E-state index in [4.69, 9.17) is 9.47 Å². The highest BCUT2D eigenvalue weighted by Gasteiger charge is 2.04. The van der Waals surface area contributed by atoms with Crippen LogP contribution in [0, 0.1) is 13.8 Å². The predicted molar refractivity (Wildman–Crippen MR) is 82.4 cm³/mol. The van der Waals surface area contributed by atoms with Gasteiger partial charge in [-0.1, -0.05) is 0 Å². The SMILES string of the molecule is COc1ccc(/C=N\Nc2nc(C)c(C)s2)c(OC)c1. The van der Waals surface area contributed by atoms with Crippen LogP contribution in [0.2, 0.25) is 0 Å². The minimum atomic E-state index is 0.710. The number of thiazole rings is 1. The summed E-state index contributed by atoms with van der Waals surface area (Å²) in [7, 11) is 3.24. The van der Waals surface area contributed by atoms with Crippen LogP contribution in [0.25, 0.3) is 0 Å². The number of nitrogens with zero attached hydrogens (tertiary/aromatic N) is 2. The van der Waals surface area contributed by atoms with E-state index < -0.39 is 0 Å². The lowest BCUT2D eigenvalue weighted by molar-refractivity contribution is 0.394. The average Bonchev–Trinajstić information content (AvgIpc) is 2.78. The summed E-state index contributed by atoms with van der Waals surface area (Å²) in [5.74, 6) is 1.46. The van der Waals surface area contributed by atoms with Crippen molar-refractivity contribution in [2.45, 2.75) is 13.8 Å². The molecule has 6 heteroatoms. The lowest BCUT2D eigenvalue weighted by Crippen LogP contribution is -1.95. The molecule has 0 bridgehead atoms. The van der Waals surface area contributed by atoms with Gasteiger partial charge in [0.25, 0.3) is 0 Å². The van der Waals surface area contributed by atoms with Crippen molar-refractivity contribution in [2.75, 3.05) is 19.6 Å². The first-order chi connectivity index (χ1) is 9.63. The normalized spacial score (nSPS) is 10.8. The zero-order valence-corrected chi connectivity index (χ0v) is 12.7. The van der Waals surface area contributed by atoms with Crippen LogP contribution in [-0.2, 0) is 0 Å². The number of hydrazone groups is 1. The molecule has 0 aliphatic carbocycles. The van der Waals surface area contributed by atoms with E-state index in [2.05, 4.69) is 15.5 Å². The third kappa shape index (κ3) is 3.27. The van der Waals surface area contributed by atoms with Crippen molar-refractivity contribution in [2.24, 2.45) is 5.10 Å². The summed E-state index contributed by atoms with van der Waals surface area (Å²) >= 11 is 1.58. The van der Waals surface area contributed by atoms with Crippen molar-refractivity contribution in [3.8, 4) is 11.5 Å². The van der Waals surface area contributed by atoms with Crippen LogP contribution < -0.4 is 14.9 Å². The van der Waals surface area contributed by atoms with Crippen LogP contribution in [0.3, 0.4) is 0 Å². The van der Waals surface area contributed by atoms with E-state index in [1.807, 2.05) is 32.0 Å². The van der Waals surface area contributed by atoms with Gasteiger partial charge in [-0.05, 0) is 26.0 Å². The molecule has 0 aliphatic heterocycles. The highest BCUT2D eigenvalue weighted by molar-refractivity contribution is 7.15. The van der Waals surface area contributed by atoms with Gasteiger partial charge in [0, 0.05) is 16.5 Å². The molecule has 0 atom stereocenters. The molecule has 0 saturated carbocycles. The molecule has 0 unspecified atom stereocenters. The Labute approximate surface area is 122 Å². The van der Waals surface area contributed by atoms with E-state index in [1.54, 1.807) is 31.8 Å². The fourth-order valence-corrected chi connectivity index (χ4v) is 2.37. The molecule has 0 radical (unpaired) electrons. The Bertz CT molecular complexity index is 603. The number of methoxy groups -OCH3 is 2. The van der Waals surface area contributed by atoms with Gasteiger partial charge in [-0.25, -0.2) is 4.98 Å². The Kier molecular flexibility index (Phi) is 4.57. The maximum absolute atomic E-state index is 5.30. The number of aryl methyl sites for hydroxylation is 2. The predicted octanol–water partition coefficient (Wildman–Crippen LogP) is 3.22. The van der Waals surface area contributed by atoms with Gasteiger partial charge in [0.05, 0.1) is 26.1 Å². The molecule has 0 amide bonds. The Balaban J connectivity index is 2.11. The Morgan fingerprint density at radius 1 is 1.25 bits per heavy atom. The molecule has 106 valence electrons. The van der Waals surface area contributed by atoms with Gasteiger partial charge in [0.2, 0.25) is 5.13 Å². The largest absolute Gasteiger partial charge is 0.497 e. The van der Waals surface area contributed by atoms with E-state index in [1.165, 1.54) is 4.88 Å². The van der Waals surface area contributed by atoms with Crippen molar-refractivity contribution >= 4 is 22.7 Å². The molecular weight excluding hydrogens is 274 g/mol. The minimum absolute atomic E-state index is 0.710. The lowest BCUT2D eigenvalue weighted by atomic mass is 10.2. The van der Waals surface area contributed by atoms with Crippen LogP contribution in [-0.4, -0.2) is 25.4 Å². The number of benzene rings is 1. The smallest absolute Gasteiger partial charge is 0.203 e. The summed E-state index contributed by atoms with van der Waals surface area (Å²) in [6, 6.07) is 5.57. The van der Waals surface area contributed by atoms with Crippen LogP contribution in [0.5, 0.6) is 11.5 Å². The summed E-state index contributed by atoms with van der Waals surface area (Å²) < 4.78 is 10.5. The first-order valence-electron chi connectivity index (χ1n) is 6.09. The molecule has 1 N–H and O–H groups in total. The molecule has 0 fully saturated rings. The third-order valence-electron chi connectivity index (χ3n) is 2.83. The van der Waals surface area contributed by atoms with Crippen molar-refractivity contribution in [3.63, 3.8) is 0 Å². The Morgan fingerprint density at radius 3 is 2.65 bits per heavy atom. The molecule has 2 aromatic rings. The molecule has 0 spiro atoms. The van der Waals surface area contributed by atoms with E-state index in [9.17, 15) is 0 Å². The maximum atomic E-state index is 5.30. The quantitative estimate of drug-likeness (QED) is 0.679. The second kappa shape index (κ2) is 6.38. The standard InChI is InChI=1S/C14H17N3O2S/c1-9-10(2)20-14(16-9)17-15-8-11-5-6-12(18-3)7-13(11)19-4/h5-8H,1-4H3,(H,16,17)/b15-8-. The van der Waals surface area contributed by atoms with E-state index in [0.29, 0.717) is 5.75 Å². The number of hydrogen-bond donors (Lipinski definition) is 1. The number of hydrogen-bond acceptors (Lipinski definition) is 6. The second-order valence-corrected chi connectivity index (χ2v) is 5.34. The van der Waals surface area contributed by atoms with Crippen molar-refractivity contribution in [1.29, 1.82) is 0 Å². The molecule has 1 aromatic carbocycles. The van der Waals surface area contributed by atoms with Crippen molar-refractivity contribution in [3.05, 3.63) is 34.3 Å². The minimum Gasteiger partial charge on any atom is -0.497 e. The fraction of sp³-hybridized carbons (Fsp3) is 0.286. The van der Waals surface area contributed by atoms with Gasteiger partial charge in [0.1, 0.15) is 11.5 Å². The fourth-order valence-electron chi connectivity index (χ4n) is 1.60. The monoisotopic (exact) mass is 291 g/mol. The lowest BCUT2D eigenvalue weighted by Gasteiger charge is -2.06. The van der Waals surface area contributed by atoms with Gasteiger partial charge < -0.3 is 9.47 Å². The van der Waals surface area contributed by atoms with Crippen LogP contribution in [0.4, 0.5) is 5.13 Å². The third-order valence-corrected chi connectivity index (χ3v) is 3.81. The first-order valence-corrected chi connectivity index (χ1v) is 6.91. The van der Waals surface area contributed by atoms with Crippen molar-refractivity contribution in [1.82, 2.24) is 4.98 Å². The molecule has 20 heavy (non-hydrogen) atoms. The molecule has 1 aromatic heterocycles. The number of aromatic nitrogens is 1. The van der Waals surface area contributed by atoms with Crippen LogP contribution in [0.15, 0.2) is 23.3 Å². The summed E-state index contributed by atoms with van der Waals surface area (Å²) in [6.45, 7) is 4.02. The van der Waals surface area contributed by atoms with Gasteiger partial charge in [-0.2, -0.15) is 5.10 Å². The van der Waals surface area contributed by atoms with Crippen molar-refractivity contribution < 1.29 is 9.47 Å². The Morgan fingerprint density at radius 2 is 2.05 bits per heavy atom. The summed E-state index contributed by atoms with van der Waals surface area (Å²) in [6.07, 6.45) is 1.70. The highest BCUT2D eigenvalue weighted by Crippen LogP contribution is 2.24. The summed E-state index contributed by atoms with van der Waals surface area (Å²) in [4.78, 5) is 5.54. The number of anilines is 1. The molecular formula is C14H17N3O2S. The van der Waals surface area contributed by atoms with Crippen LogP contribution >= 0.6 is 11.3 Å².